The van der Waals surface area contributed by atoms with Crippen molar-refractivity contribution < 1.29 is 23.9 Å². The van der Waals surface area contributed by atoms with E-state index in [9.17, 15) is 19.2 Å². The van der Waals surface area contributed by atoms with E-state index in [4.69, 9.17) is 4.74 Å². The highest BCUT2D eigenvalue weighted by Crippen LogP contribution is 2.29. The van der Waals surface area contributed by atoms with Crippen molar-refractivity contribution in [2.75, 3.05) is 7.11 Å². The number of ether oxygens (including phenoxy) is 1. The zero-order valence-electron chi connectivity index (χ0n) is 17.1. The number of hydrogen-bond acceptors (Lipinski definition) is 5. The van der Waals surface area contributed by atoms with Gasteiger partial charge in [0.2, 0.25) is 0 Å². The number of fused-ring (bicyclic) bond motifs is 1. The molecular weight excluding hydrogens is 380 g/mol. The summed E-state index contributed by atoms with van der Waals surface area (Å²) in [6.45, 7) is 1.66. The van der Waals surface area contributed by atoms with E-state index < -0.39 is 11.9 Å². The van der Waals surface area contributed by atoms with Crippen LogP contribution in [0, 0.1) is 0 Å². The second-order valence-corrected chi connectivity index (χ2v) is 7.39. The lowest BCUT2D eigenvalue weighted by molar-refractivity contribution is -0.144. The molecule has 0 N–H and O–H groups in total. The summed E-state index contributed by atoms with van der Waals surface area (Å²) in [6.07, 6.45) is 1.06. The Morgan fingerprint density at radius 2 is 1.50 bits per heavy atom. The Kier molecular flexibility index (Phi) is 6.72. The third kappa shape index (κ3) is 4.46. The topological polar surface area (TPSA) is 77.5 Å². The summed E-state index contributed by atoms with van der Waals surface area (Å²) in [6, 6.07) is 15.9. The SMILES string of the molecule is COC(=O)[C@H](CC(=O)CCCC1=C(C)C(=O)c2ccccc2C1=O)c1ccccc1. The molecule has 3 rings (SSSR count). The molecule has 0 spiro atoms. The summed E-state index contributed by atoms with van der Waals surface area (Å²) in [5.74, 6) is -1.46. The number of rotatable bonds is 8. The fraction of sp³-hybridized carbons (Fsp3) is 0.280. The number of ketones is 3. The van der Waals surface area contributed by atoms with Crippen molar-refractivity contribution in [3.05, 3.63) is 82.4 Å². The Hall–Kier alpha value is -3.34. The van der Waals surface area contributed by atoms with Crippen LogP contribution in [0.5, 0.6) is 0 Å². The number of carbonyl (C=O) groups excluding carboxylic acids is 4. The maximum Gasteiger partial charge on any atom is 0.313 e. The lowest BCUT2D eigenvalue weighted by Gasteiger charge is -2.19. The number of esters is 1. The molecule has 0 saturated heterocycles. The molecule has 0 saturated carbocycles. The van der Waals surface area contributed by atoms with Crippen molar-refractivity contribution in [3.8, 4) is 0 Å². The van der Waals surface area contributed by atoms with Crippen molar-refractivity contribution in [1.82, 2.24) is 0 Å². The van der Waals surface area contributed by atoms with Gasteiger partial charge in [-0.15, -0.1) is 0 Å². The first-order valence-electron chi connectivity index (χ1n) is 9.96. The first-order chi connectivity index (χ1) is 14.4. The van der Waals surface area contributed by atoms with Gasteiger partial charge in [0.25, 0.3) is 0 Å². The summed E-state index contributed by atoms with van der Waals surface area (Å²) < 4.78 is 4.86. The summed E-state index contributed by atoms with van der Waals surface area (Å²) >= 11 is 0. The average molecular weight is 404 g/mol. The Morgan fingerprint density at radius 1 is 0.900 bits per heavy atom. The van der Waals surface area contributed by atoms with E-state index in [2.05, 4.69) is 0 Å². The molecule has 30 heavy (non-hydrogen) atoms. The Labute approximate surface area is 175 Å². The largest absolute Gasteiger partial charge is 0.469 e. The van der Waals surface area contributed by atoms with Crippen LogP contribution in [0.15, 0.2) is 65.7 Å². The molecule has 0 heterocycles. The van der Waals surface area contributed by atoms with E-state index in [0.717, 1.165) is 5.56 Å². The highest BCUT2D eigenvalue weighted by molar-refractivity contribution is 6.26. The lowest BCUT2D eigenvalue weighted by atomic mass is 9.82. The molecule has 1 aliphatic rings. The second-order valence-electron chi connectivity index (χ2n) is 7.39. The molecule has 2 aromatic rings. The highest BCUT2D eigenvalue weighted by Gasteiger charge is 2.29. The molecule has 5 heteroatoms. The van der Waals surface area contributed by atoms with Crippen LogP contribution >= 0.6 is 0 Å². The standard InChI is InChI=1S/C25H24O5/c1-16-19(24(28)21-13-7-6-12-20(21)23(16)27)14-8-11-18(26)15-22(25(29)30-2)17-9-4-3-5-10-17/h3-7,9-10,12-13,22H,8,11,14-15H2,1-2H3/t22-/m1/s1. The quantitative estimate of drug-likeness (QED) is 0.607. The van der Waals surface area contributed by atoms with Crippen LogP contribution in [-0.2, 0) is 14.3 Å². The zero-order chi connectivity index (χ0) is 21.7. The molecule has 0 unspecified atom stereocenters. The van der Waals surface area contributed by atoms with E-state index in [1.54, 1.807) is 43.3 Å². The van der Waals surface area contributed by atoms with Crippen LogP contribution in [0.3, 0.4) is 0 Å². The molecular formula is C25H24O5. The minimum Gasteiger partial charge on any atom is -0.469 e. The van der Waals surface area contributed by atoms with Crippen LogP contribution in [-0.4, -0.2) is 30.4 Å². The van der Waals surface area contributed by atoms with Gasteiger partial charge in [0, 0.05) is 35.1 Å². The summed E-state index contributed by atoms with van der Waals surface area (Å²) in [7, 11) is 1.31. The number of benzene rings is 2. The van der Waals surface area contributed by atoms with Gasteiger partial charge < -0.3 is 4.74 Å². The van der Waals surface area contributed by atoms with Gasteiger partial charge in [-0.2, -0.15) is 0 Å². The maximum atomic E-state index is 12.8. The van der Waals surface area contributed by atoms with Gasteiger partial charge in [0.1, 0.15) is 5.78 Å². The minimum absolute atomic E-state index is 0.0461. The first kappa shape index (κ1) is 21.4. The highest BCUT2D eigenvalue weighted by atomic mass is 16.5. The normalized spacial score (nSPS) is 14.3. The van der Waals surface area contributed by atoms with Crippen molar-refractivity contribution in [3.63, 3.8) is 0 Å². The number of allylic oxidation sites excluding steroid dienone is 2. The Morgan fingerprint density at radius 3 is 2.13 bits per heavy atom. The Balaban J connectivity index is 1.64. The van der Waals surface area contributed by atoms with E-state index in [1.165, 1.54) is 7.11 Å². The summed E-state index contributed by atoms with van der Waals surface area (Å²) in [4.78, 5) is 50.0. The maximum absolute atomic E-state index is 12.8. The third-order valence-corrected chi connectivity index (χ3v) is 5.49. The minimum atomic E-state index is -0.644. The van der Waals surface area contributed by atoms with E-state index in [0.29, 0.717) is 35.1 Å². The molecule has 0 amide bonds. The third-order valence-electron chi connectivity index (χ3n) is 5.49. The summed E-state index contributed by atoms with van der Waals surface area (Å²) in [5.41, 5.74) is 2.51. The summed E-state index contributed by atoms with van der Waals surface area (Å²) in [5, 5.41) is 0. The number of hydrogen-bond donors (Lipinski definition) is 0. The predicted molar refractivity (Wildman–Crippen MR) is 112 cm³/mol. The van der Waals surface area contributed by atoms with Gasteiger partial charge in [-0.05, 0) is 25.3 Å². The fourth-order valence-electron chi connectivity index (χ4n) is 3.81. The number of Topliss-reactive ketones (excluding diaryl/α,β-unsaturated/α-hetero) is 3. The van der Waals surface area contributed by atoms with Gasteiger partial charge in [-0.1, -0.05) is 54.6 Å². The molecule has 0 fully saturated rings. The van der Waals surface area contributed by atoms with Crippen LogP contribution in [0.2, 0.25) is 0 Å². The molecule has 1 atom stereocenters. The van der Waals surface area contributed by atoms with Gasteiger partial charge >= 0.3 is 5.97 Å². The first-order valence-corrected chi connectivity index (χ1v) is 9.96. The fourth-order valence-corrected chi connectivity index (χ4v) is 3.81. The van der Waals surface area contributed by atoms with Crippen LogP contribution in [0.1, 0.15) is 64.8 Å². The van der Waals surface area contributed by atoms with E-state index in [-0.39, 0.29) is 30.2 Å². The van der Waals surface area contributed by atoms with E-state index in [1.807, 2.05) is 18.2 Å². The molecule has 0 aliphatic heterocycles. The lowest BCUT2D eigenvalue weighted by Crippen LogP contribution is -2.21. The zero-order valence-corrected chi connectivity index (χ0v) is 17.1. The monoisotopic (exact) mass is 404 g/mol. The van der Waals surface area contributed by atoms with Gasteiger partial charge in [-0.3, -0.25) is 19.2 Å². The number of carbonyl (C=O) groups is 4. The molecule has 0 aromatic heterocycles. The molecule has 1 aliphatic carbocycles. The molecule has 5 nitrogen and oxygen atoms in total. The van der Waals surface area contributed by atoms with Crippen molar-refractivity contribution in [1.29, 1.82) is 0 Å². The van der Waals surface area contributed by atoms with Crippen LogP contribution < -0.4 is 0 Å². The van der Waals surface area contributed by atoms with Crippen LogP contribution in [0.25, 0.3) is 0 Å². The van der Waals surface area contributed by atoms with Gasteiger partial charge in [0.05, 0.1) is 13.0 Å². The van der Waals surface area contributed by atoms with E-state index >= 15 is 0 Å². The molecule has 0 bridgehead atoms. The van der Waals surface area contributed by atoms with Gasteiger partial charge in [-0.25, -0.2) is 0 Å². The molecule has 0 radical (unpaired) electrons. The van der Waals surface area contributed by atoms with Crippen LogP contribution in [0.4, 0.5) is 0 Å². The predicted octanol–water partition coefficient (Wildman–Crippen LogP) is 4.47. The second kappa shape index (κ2) is 9.44. The van der Waals surface area contributed by atoms with Crippen molar-refractivity contribution in [2.45, 2.75) is 38.5 Å². The smallest absolute Gasteiger partial charge is 0.313 e. The molecule has 2 aromatic carbocycles. The molecule has 154 valence electrons. The average Bonchev–Trinajstić information content (AvgIpc) is 2.78. The van der Waals surface area contributed by atoms with Gasteiger partial charge in [0.15, 0.2) is 11.6 Å². The Bertz CT molecular complexity index is 1020. The number of methoxy groups -OCH3 is 1. The van der Waals surface area contributed by atoms with Crippen molar-refractivity contribution in [2.24, 2.45) is 0 Å². The van der Waals surface area contributed by atoms with Crippen molar-refractivity contribution >= 4 is 23.3 Å².